The van der Waals surface area contributed by atoms with Crippen LogP contribution >= 0.6 is 0 Å². The van der Waals surface area contributed by atoms with E-state index in [4.69, 9.17) is 4.74 Å². The average molecular weight is 675 g/mol. The maximum absolute atomic E-state index is 14.7. The summed E-state index contributed by atoms with van der Waals surface area (Å²) in [4.78, 5) is 41.4. The Balaban J connectivity index is 1.60. The van der Waals surface area contributed by atoms with Crippen LogP contribution in [0.5, 0.6) is 0 Å². The molecule has 0 spiro atoms. The number of esters is 1. The number of ether oxygens (including phenoxy) is 1. The monoisotopic (exact) mass is 674 g/mol. The van der Waals surface area contributed by atoms with Crippen LogP contribution in [0.3, 0.4) is 0 Å². The molecule has 2 aliphatic heterocycles. The predicted molar refractivity (Wildman–Crippen MR) is 169 cm³/mol. The molecule has 5 rings (SSSR count). The van der Waals surface area contributed by atoms with Crippen molar-refractivity contribution in [2.24, 2.45) is 10.3 Å². The number of hydrogen-bond donors (Lipinski definition) is 4. The van der Waals surface area contributed by atoms with Crippen molar-refractivity contribution in [3.05, 3.63) is 59.2 Å². The first-order chi connectivity index (χ1) is 21.5. The summed E-state index contributed by atoms with van der Waals surface area (Å²) in [6, 6.07) is 9.27. The number of carbonyl (C=O) groups is 3. The molecule has 2 aromatic carbocycles. The molecule has 0 unspecified atom stereocenters. The lowest BCUT2D eigenvalue weighted by Crippen LogP contribution is -2.51. The number of carbonyl (C=O) groups excluding carboxylic acids is 2. The smallest absolute Gasteiger partial charge is 0.407 e. The minimum Gasteiger partial charge on any atom is -0.506 e. The Morgan fingerprint density at radius 2 is 1.93 bits per heavy atom. The van der Waals surface area contributed by atoms with Crippen molar-refractivity contribution in [3.8, 4) is 0 Å². The van der Waals surface area contributed by atoms with Crippen molar-refractivity contribution in [1.82, 2.24) is 4.90 Å². The van der Waals surface area contributed by atoms with Gasteiger partial charge in [0.2, 0.25) is 10.0 Å². The van der Waals surface area contributed by atoms with Crippen molar-refractivity contribution in [1.29, 1.82) is 0 Å². The Morgan fingerprint density at radius 1 is 1.22 bits per heavy atom. The van der Waals surface area contributed by atoms with Gasteiger partial charge in [0.25, 0.3) is 10.0 Å². The van der Waals surface area contributed by atoms with Gasteiger partial charge in [-0.1, -0.05) is 38.1 Å². The molecule has 0 bridgehead atoms. The molecule has 1 fully saturated rings. The first-order valence-electron chi connectivity index (χ1n) is 14.5. The molecule has 2 atom stereocenters. The van der Waals surface area contributed by atoms with Crippen LogP contribution in [-0.2, 0) is 39.8 Å². The fraction of sp³-hybridized carbons (Fsp3) is 0.400. The van der Waals surface area contributed by atoms with E-state index in [1.807, 2.05) is 13.8 Å². The summed E-state index contributed by atoms with van der Waals surface area (Å²) >= 11 is 0. The second kappa shape index (κ2) is 12.1. The molecule has 4 N–H and O–H groups in total. The van der Waals surface area contributed by atoms with E-state index in [0.717, 1.165) is 12.3 Å². The Morgan fingerprint density at radius 3 is 2.61 bits per heavy atom. The number of benzene rings is 2. The highest BCUT2D eigenvalue weighted by Gasteiger charge is 2.56. The molecule has 3 aliphatic rings. The molecule has 246 valence electrons. The van der Waals surface area contributed by atoms with Crippen LogP contribution in [0.4, 0.5) is 16.2 Å². The van der Waals surface area contributed by atoms with E-state index in [1.54, 1.807) is 12.1 Å². The second-order valence-corrected chi connectivity index (χ2v) is 15.3. The number of carboxylic acid groups (broad SMARTS) is 1. The number of aliphatic hydroxyl groups excluding tert-OH is 1. The molecule has 0 aromatic heterocycles. The number of hydrogen-bond acceptors (Lipinski definition) is 10. The molecule has 1 amide bonds. The fourth-order valence-corrected chi connectivity index (χ4v) is 7.72. The van der Waals surface area contributed by atoms with Gasteiger partial charge >= 0.3 is 12.1 Å². The number of nitrogens with one attached hydrogen (secondary N) is 2. The standard InChI is InChI=1S/C30H34N4O10S2/c1-17(2)12-13-30(28(37)44-16-19-7-6-14-34(19)29(38)39)21-9-5-4-8-20(21)25(35)24(26(30)36)27-31-22-11-10-18(32-45(3,40)41)15-23(22)46(42,43)33-27/h4-5,8-11,15,17,19,32,35H,6-7,12-14,16H2,1-3H3,(H,31,33)(H,38,39)/t19-,30+/m1/s1. The topological polar surface area (TPSA) is 209 Å². The van der Waals surface area contributed by atoms with Crippen LogP contribution in [0.15, 0.2) is 57.3 Å². The number of nitrogens with zero attached hydrogens (tertiary/aromatic N) is 2. The Kier molecular flexibility index (Phi) is 8.63. The number of Topliss-reactive ketones (excluding diaryl/α,β-unsaturated/α-hetero) is 1. The number of aliphatic hydroxyl groups is 1. The van der Waals surface area contributed by atoms with Gasteiger partial charge in [-0.2, -0.15) is 8.42 Å². The third-order valence-corrected chi connectivity index (χ3v) is 10.2. The first kappa shape index (κ1) is 32.9. The molecule has 46 heavy (non-hydrogen) atoms. The van der Waals surface area contributed by atoms with Crippen LogP contribution in [0.25, 0.3) is 5.76 Å². The molecule has 0 radical (unpaired) electrons. The van der Waals surface area contributed by atoms with Gasteiger partial charge in [0, 0.05) is 17.8 Å². The van der Waals surface area contributed by atoms with E-state index < -0.39 is 66.5 Å². The number of amidine groups is 1. The third-order valence-electron chi connectivity index (χ3n) is 8.23. The van der Waals surface area contributed by atoms with Crippen LogP contribution in [0.2, 0.25) is 0 Å². The van der Waals surface area contributed by atoms with Crippen LogP contribution in [0, 0.1) is 5.92 Å². The maximum Gasteiger partial charge on any atom is 0.407 e. The summed E-state index contributed by atoms with van der Waals surface area (Å²) in [6.45, 7) is 3.80. The largest absolute Gasteiger partial charge is 0.506 e. The zero-order valence-electron chi connectivity index (χ0n) is 25.3. The maximum atomic E-state index is 14.7. The summed E-state index contributed by atoms with van der Waals surface area (Å²) in [7, 11) is -8.27. The van der Waals surface area contributed by atoms with Gasteiger partial charge in [-0.15, -0.1) is 4.40 Å². The molecule has 1 aliphatic carbocycles. The van der Waals surface area contributed by atoms with Crippen molar-refractivity contribution < 1.29 is 46.2 Å². The highest BCUT2D eigenvalue weighted by atomic mass is 32.2. The highest BCUT2D eigenvalue weighted by molar-refractivity contribution is 7.92. The predicted octanol–water partition coefficient (Wildman–Crippen LogP) is 3.48. The Hall–Kier alpha value is -4.44. The summed E-state index contributed by atoms with van der Waals surface area (Å²) < 4.78 is 61.9. The lowest BCUT2D eigenvalue weighted by molar-refractivity contribution is -0.155. The molecule has 16 heteroatoms. The summed E-state index contributed by atoms with van der Waals surface area (Å²) in [6.07, 6.45) is 1.12. The molecule has 2 aromatic rings. The van der Waals surface area contributed by atoms with Crippen molar-refractivity contribution in [2.75, 3.05) is 29.4 Å². The van der Waals surface area contributed by atoms with Crippen molar-refractivity contribution >= 4 is 60.9 Å². The van der Waals surface area contributed by atoms with E-state index >= 15 is 0 Å². The number of amides is 1. The van der Waals surface area contributed by atoms with Crippen LogP contribution < -0.4 is 10.0 Å². The number of fused-ring (bicyclic) bond motifs is 2. The molecular formula is C30H34N4O10S2. The van der Waals surface area contributed by atoms with Crippen molar-refractivity contribution in [2.45, 2.75) is 55.9 Å². The lowest BCUT2D eigenvalue weighted by Gasteiger charge is -2.37. The minimum atomic E-state index is -4.55. The lowest BCUT2D eigenvalue weighted by atomic mass is 9.65. The first-order valence-corrected chi connectivity index (χ1v) is 17.9. The SMILES string of the molecule is CC(C)CC[C@@]1(C(=O)OC[C@H]2CCCN2C(=O)O)C(=O)C(C2=NS(=O)(=O)c3cc(NS(C)(=O)=O)ccc3N2)=C(O)c2ccccc21. The Bertz CT molecular complexity index is 1900. The molecule has 2 heterocycles. The molecule has 1 saturated heterocycles. The quantitative estimate of drug-likeness (QED) is 0.224. The zero-order valence-corrected chi connectivity index (χ0v) is 26.9. The van der Waals surface area contributed by atoms with Gasteiger partial charge in [-0.05, 0) is 55.4 Å². The van der Waals surface area contributed by atoms with Gasteiger partial charge < -0.3 is 25.2 Å². The summed E-state index contributed by atoms with van der Waals surface area (Å²) in [5.74, 6) is -2.98. The van der Waals surface area contributed by atoms with Crippen molar-refractivity contribution in [3.63, 3.8) is 0 Å². The number of sulfonamides is 2. The van der Waals surface area contributed by atoms with Gasteiger partial charge in [0.15, 0.2) is 17.0 Å². The molecular weight excluding hydrogens is 640 g/mol. The second-order valence-electron chi connectivity index (χ2n) is 11.9. The highest BCUT2D eigenvalue weighted by Crippen LogP contribution is 2.45. The number of anilines is 2. The third kappa shape index (κ3) is 6.06. The normalized spacial score (nSPS) is 22.1. The van der Waals surface area contributed by atoms with E-state index in [9.17, 15) is 41.4 Å². The van der Waals surface area contributed by atoms with Crippen LogP contribution in [0.1, 0.15) is 50.7 Å². The Labute approximate surface area is 266 Å². The fourth-order valence-electron chi connectivity index (χ4n) is 6.02. The minimum absolute atomic E-state index is 0.0251. The van der Waals surface area contributed by atoms with E-state index in [2.05, 4.69) is 14.4 Å². The van der Waals surface area contributed by atoms with E-state index in [1.165, 1.54) is 29.2 Å². The molecule has 14 nitrogen and oxygen atoms in total. The number of ketones is 1. The van der Waals surface area contributed by atoms with Gasteiger partial charge in [0.1, 0.15) is 22.8 Å². The van der Waals surface area contributed by atoms with Crippen LogP contribution in [-0.4, -0.2) is 81.1 Å². The summed E-state index contributed by atoms with van der Waals surface area (Å²) in [5, 5.41) is 23.8. The van der Waals surface area contributed by atoms with E-state index in [0.29, 0.717) is 19.3 Å². The van der Waals surface area contributed by atoms with Gasteiger partial charge in [-0.25, -0.2) is 13.2 Å². The zero-order chi connectivity index (χ0) is 33.6. The number of likely N-dealkylation sites (tertiary alicyclic amines) is 1. The van der Waals surface area contributed by atoms with Gasteiger partial charge in [-0.3, -0.25) is 14.3 Å². The average Bonchev–Trinajstić information content (AvgIpc) is 3.45. The number of rotatable bonds is 9. The van der Waals surface area contributed by atoms with E-state index in [-0.39, 0.29) is 52.9 Å². The van der Waals surface area contributed by atoms with Gasteiger partial charge in [0.05, 0.1) is 18.0 Å². The summed E-state index contributed by atoms with van der Waals surface area (Å²) in [5.41, 5.74) is -2.36. The molecule has 0 saturated carbocycles.